The van der Waals surface area contributed by atoms with Crippen LogP contribution in [0, 0.1) is 6.92 Å². The standard InChI is InChI=1S/C21H21N3O3S2/c1-12(2)16-9-17-14(8-19(25)27-18(17)7-13(16)3)11-28-21-24-23-20(29-21)22-10-15-5-4-6-26-15/h4-9,12H,10-11H2,1-3H3,(H,22,23). The zero-order chi connectivity index (χ0) is 20.4. The van der Waals surface area contributed by atoms with Gasteiger partial charge in [-0.3, -0.25) is 0 Å². The van der Waals surface area contributed by atoms with Crippen LogP contribution in [0.4, 0.5) is 5.13 Å². The molecule has 0 saturated heterocycles. The number of hydrogen-bond donors (Lipinski definition) is 1. The molecular weight excluding hydrogens is 406 g/mol. The van der Waals surface area contributed by atoms with Crippen LogP contribution in [0.25, 0.3) is 11.0 Å². The average Bonchev–Trinajstić information content (AvgIpc) is 3.35. The van der Waals surface area contributed by atoms with Gasteiger partial charge in [0.05, 0.1) is 12.8 Å². The summed E-state index contributed by atoms with van der Waals surface area (Å²) in [5.74, 6) is 1.86. The van der Waals surface area contributed by atoms with Gasteiger partial charge in [0, 0.05) is 17.2 Å². The molecule has 8 heteroatoms. The lowest BCUT2D eigenvalue weighted by atomic mass is 9.95. The monoisotopic (exact) mass is 427 g/mol. The molecule has 150 valence electrons. The van der Waals surface area contributed by atoms with Crippen molar-refractivity contribution in [1.82, 2.24) is 10.2 Å². The number of aryl methyl sites for hydroxylation is 1. The SMILES string of the molecule is Cc1cc2oc(=O)cc(CSc3nnc(NCc4ccco4)s3)c2cc1C(C)C. The molecule has 0 atom stereocenters. The third kappa shape index (κ3) is 4.54. The fourth-order valence-corrected chi connectivity index (χ4v) is 4.93. The lowest BCUT2D eigenvalue weighted by Gasteiger charge is -2.12. The lowest BCUT2D eigenvalue weighted by molar-refractivity contribution is 0.518. The number of hydrogen-bond acceptors (Lipinski definition) is 8. The van der Waals surface area contributed by atoms with E-state index in [1.807, 2.05) is 18.2 Å². The third-order valence-corrected chi connectivity index (χ3v) is 6.65. The van der Waals surface area contributed by atoms with Gasteiger partial charge in [0.15, 0.2) is 4.34 Å². The number of thioether (sulfide) groups is 1. The molecule has 29 heavy (non-hydrogen) atoms. The second-order valence-corrected chi connectivity index (χ2v) is 9.25. The van der Waals surface area contributed by atoms with E-state index < -0.39 is 0 Å². The first-order valence-electron chi connectivity index (χ1n) is 9.29. The molecule has 0 unspecified atom stereocenters. The van der Waals surface area contributed by atoms with Crippen LogP contribution in [-0.2, 0) is 12.3 Å². The molecule has 0 aliphatic heterocycles. The molecule has 3 heterocycles. The van der Waals surface area contributed by atoms with E-state index in [1.54, 1.807) is 24.1 Å². The molecule has 3 aromatic heterocycles. The van der Waals surface area contributed by atoms with Crippen LogP contribution in [0.5, 0.6) is 0 Å². The van der Waals surface area contributed by atoms with Crippen molar-refractivity contribution in [2.45, 2.75) is 43.3 Å². The van der Waals surface area contributed by atoms with E-state index in [4.69, 9.17) is 8.83 Å². The number of rotatable bonds is 7. The van der Waals surface area contributed by atoms with Crippen LogP contribution in [-0.4, -0.2) is 10.2 Å². The second kappa shape index (κ2) is 8.42. The first-order valence-corrected chi connectivity index (χ1v) is 11.1. The minimum Gasteiger partial charge on any atom is -0.467 e. The molecule has 0 aliphatic rings. The summed E-state index contributed by atoms with van der Waals surface area (Å²) in [6.07, 6.45) is 1.64. The number of fused-ring (bicyclic) bond motifs is 1. The summed E-state index contributed by atoms with van der Waals surface area (Å²) in [4.78, 5) is 12.0. The van der Waals surface area contributed by atoms with Crippen molar-refractivity contribution < 1.29 is 8.83 Å². The Morgan fingerprint density at radius 3 is 2.86 bits per heavy atom. The van der Waals surface area contributed by atoms with E-state index in [1.165, 1.54) is 16.9 Å². The van der Waals surface area contributed by atoms with Crippen LogP contribution in [0.15, 0.2) is 54.6 Å². The highest BCUT2D eigenvalue weighted by Gasteiger charge is 2.13. The van der Waals surface area contributed by atoms with E-state index in [9.17, 15) is 4.79 Å². The van der Waals surface area contributed by atoms with Crippen molar-refractivity contribution in [3.63, 3.8) is 0 Å². The van der Waals surface area contributed by atoms with Crippen molar-refractivity contribution in [2.75, 3.05) is 5.32 Å². The quantitative estimate of drug-likeness (QED) is 0.305. The number of nitrogens with one attached hydrogen (secondary N) is 1. The number of furan rings is 1. The van der Waals surface area contributed by atoms with Crippen LogP contribution >= 0.6 is 23.1 Å². The molecule has 0 radical (unpaired) electrons. The summed E-state index contributed by atoms with van der Waals surface area (Å²) in [5, 5.41) is 13.3. The minimum atomic E-state index is -0.331. The molecule has 1 aromatic carbocycles. The van der Waals surface area contributed by atoms with E-state index in [0.717, 1.165) is 31.7 Å². The van der Waals surface area contributed by atoms with Gasteiger partial charge in [-0.05, 0) is 53.8 Å². The molecule has 0 amide bonds. The van der Waals surface area contributed by atoms with Crippen molar-refractivity contribution in [2.24, 2.45) is 0 Å². The predicted octanol–water partition coefficient (Wildman–Crippen LogP) is 5.57. The lowest BCUT2D eigenvalue weighted by Crippen LogP contribution is -2.02. The second-order valence-electron chi connectivity index (χ2n) is 7.05. The van der Waals surface area contributed by atoms with Crippen LogP contribution < -0.4 is 10.9 Å². The average molecular weight is 428 g/mol. The van der Waals surface area contributed by atoms with Gasteiger partial charge in [0.25, 0.3) is 0 Å². The van der Waals surface area contributed by atoms with Gasteiger partial charge in [0.2, 0.25) is 5.13 Å². The van der Waals surface area contributed by atoms with Crippen molar-refractivity contribution >= 4 is 39.2 Å². The molecule has 0 bridgehead atoms. The zero-order valence-corrected chi connectivity index (χ0v) is 18.0. The fourth-order valence-electron chi connectivity index (χ4n) is 3.19. The topological polar surface area (TPSA) is 81.2 Å². The summed E-state index contributed by atoms with van der Waals surface area (Å²) in [6.45, 7) is 6.95. The largest absolute Gasteiger partial charge is 0.467 e. The van der Waals surface area contributed by atoms with E-state index in [0.29, 0.717) is 23.8 Å². The Hall–Kier alpha value is -2.58. The maximum Gasteiger partial charge on any atom is 0.336 e. The van der Waals surface area contributed by atoms with Gasteiger partial charge in [-0.15, -0.1) is 10.2 Å². The van der Waals surface area contributed by atoms with E-state index >= 15 is 0 Å². The highest BCUT2D eigenvalue weighted by atomic mass is 32.2. The van der Waals surface area contributed by atoms with Gasteiger partial charge in [-0.1, -0.05) is 36.9 Å². The maximum absolute atomic E-state index is 12.0. The smallest absolute Gasteiger partial charge is 0.336 e. The molecule has 4 aromatic rings. The summed E-state index contributed by atoms with van der Waals surface area (Å²) in [7, 11) is 0. The Kier molecular flexibility index (Phi) is 5.73. The summed E-state index contributed by atoms with van der Waals surface area (Å²) < 4.78 is 11.6. The van der Waals surface area contributed by atoms with Crippen LogP contribution in [0.1, 0.15) is 42.2 Å². The summed E-state index contributed by atoms with van der Waals surface area (Å²) >= 11 is 3.04. The maximum atomic E-state index is 12.0. The van der Waals surface area contributed by atoms with Gasteiger partial charge >= 0.3 is 5.63 Å². The molecule has 0 saturated carbocycles. The molecule has 6 nitrogen and oxygen atoms in total. The van der Waals surface area contributed by atoms with E-state index in [2.05, 4.69) is 42.4 Å². The molecule has 4 rings (SSSR count). The molecule has 0 fully saturated rings. The Labute approximate surface area is 176 Å². The highest BCUT2D eigenvalue weighted by Crippen LogP contribution is 2.32. The van der Waals surface area contributed by atoms with Crippen LogP contribution in [0.2, 0.25) is 0 Å². The van der Waals surface area contributed by atoms with Gasteiger partial charge in [0.1, 0.15) is 11.3 Å². The summed E-state index contributed by atoms with van der Waals surface area (Å²) in [6, 6.07) is 9.44. The molecular formula is C21H21N3O3S2. The minimum absolute atomic E-state index is 0.331. The predicted molar refractivity (Wildman–Crippen MR) is 117 cm³/mol. The summed E-state index contributed by atoms with van der Waals surface area (Å²) in [5.41, 5.74) is 3.65. The van der Waals surface area contributed by atoms with Crippen molar-refractivity contribution in [3.8, 4) is 0 Å². The van der Waals surface area contributed by atoms with E-state index in [-0.39, 0.29) is 5.63 Å². The Bertz CT molecular complexity index is 1180. The number of anilines is 1. The van der Waals surface area contributed by atoms with Crippen LogP contribution in [0.3, 0.4) is 0 Å². The fraction of sp³-hybridized carbons (Fsp3) is 0.286. The molecule has 0 aliphatic carbocycles. The third-order valence-electron chi connectivity index (χ3n) is 4.59. The highest BCUT2D eigenvalue weighted by molar-refractivity contribution is 8.00. The Morgan fingerprint density at radius 2 is 2.10 bits per heavy atom. The Morgan fingerprint density at radius 1 is 1.24 bits per heavy atom. The molecule has 0 spiro atoms. The first-order chi connectivity index (χ1) is 14.0. The zero-order valence-electron chi connectivity index (χ0n) is 16.4. The molecule has 1 N–H and O–H groups in total. The first kappa shape index (κ1) is 19.7. The van der Waals surface area contributed by atoms with Gasteiger partial charge < -0.3 is 14.2 Å². The number of aromatic nitrogens is 2. The number of benzene rings is 1. The number of nitrogens with zero attached hydrogens (tertiary/aromatic N) is 2. The van der Waals surface area contributed by atoms with Gasteiger partial charge in [-0.2, -0.15) is 0 Å². The normalized spacial score (nSPS) is 11.4. The van der Waals surface area contributed by atoms with Gasteiger partial charge in [-0.25, -0.2) is 4.79 Å². The van der Waals surface area contributed by atoms with Crippen molar-refractivity contribution in [3.05, 3.63) is 69.5 Å². The van der Waals surface area contributed by atoms with Crippen molar-refractivity contribution in [1.29, 1.82) is 0 Å². The Balaban J connectivity index is 1.52.